The van der Waals surface area contributed by atoms with E-state index in [1.54, 1.807) is 0 Å². The van der Waals surface area contributed by atoms with Crippen LogP contribution in [-0.2, 0) is 14.3 Å². The minimum absolute atomic E-state index is 0.0205. The lowest BCUT2D eigenvalue weighted by Gasteiger charge is -2.35. The van der Waals surface area contributed by atoms with E-state index in [4.69, 9.17) is 14.6 Å². The minimum atomic E-state index is -0.562. The van der Waals surface area contributed by atoms with Gasteiger partial charge in [0.2, 0.25) is 5.91 Å². The lowest BCUT2D eigenvalue weighted by molar-refractivity contribution is -0.134. The van der Waals surface area contributed by atoms with Crippen molar-refractivity contribution in [2.45, 2.75) is 38.9 Å². The molecule has 0 aromatic heterocycles. The van der Waals surface area contributed by atoms with E-state index in [-0.39, 0.29) is 12.5 Å². The normalized spacial score (nSPS) is 21.7. The zero-order valence-electron chi connectivity index (χ0n) is 12.7. The molecule has 1 fully saturated rings. The van der Waals surface area contributed by atoms with E-state index in [1.165, 1.54) is 0 Å². The summed E-state index contributed by atoms with van der Waals surface area (Å²) in [6.07, 6.45) is 0. The maximum atomic E-state index is 12.4. The van der Waals surface area contributed by atoms with Crippen molar-refractivity contribution in [3.05, 3.63) is 0 Å². The predicted octanol–water partition coefficient (Wildman–Crippen LogP) is 0.981. The van der Waals surface area contributed by atoms with Crippen LogP contribution < -0.4 is 0 Å². The Bertz CT molecular complexity index is 336. The Morgan fingerprint density at radius 3 is 2.10 bits per heavy atom. The second-order valence-corrected chi connectivity index (χ2v) is 6.45. The molecule has 1 aliphatic heterocycles. The van der Waals surface area contributed by atoms with Gasteiger partial charge in [-0.05, 0) is 27.7 Å². The van der Waals surface area contributed by atoms with E-state index >= 15 is 0 Å². The van der Waals surface area contributed by atoms with E-state index < -0.39 is 11.2 Å². The number of halogens is 1. The number of carbonyl (C=O) groups is 1. The largest absolute Gasteiger partial charge is 0.394 e. The molecule has 1 amide bonds. The molecule has 1 N–H and O–H groups in total. The van der Waals surface area contributed by atoms with E-state index in [0.717, 1.165) is 0 Å². The van der Waals surface area contributed by atoms with E-state index in [1.807, 2.05) is 36.5 Å². The number of hydrogen-bond donors (Lipinski definition) is 1. The third-order valence-electron chi connectivity index (χ3n) is 3.47. The first-order valence-electron chi connectivity index (χ1n) is 6.80. The standard InChI is InChI=1S/C13H25BrN2O4/c1-12(2)11(18)15(13(3,4)16(12)14)5-7-19-9-10-20-8-6-17/h17H,5-10H2,1-4H3. The molecule has 0 aromatic rings. The quantitative estimate of drug-likeness (QED) is 0.521. The van der Waals surface area contributed by atoms with Crippen LogP contribution in [0.15, 0.2) is 0 Å². The van der Waals surface area contributed by atoms with E-state index in [0.29, 0.717) is 33.0 Å². The average molecular weight is 353 g/mol. The summed E-state index contributed by atoms with van der Waals surface area (Å²) in [5.41, 5.74) is -0.953. The van der Waals surface area contributed by atoms with Gasteiger partial charge in [0.25, 0.3) is 0 Å². The Kier molecular flexibility index (Phi) is 6.40. The van der Waals surface area contributed by atoms with Gasteiger partial charge in [-0.25, -0.2) is 3.93 Å². The minimum Gasteiger partial charge on any atom is -0.394 e. The van der Waals surface area contributed by atoms with E-state index in [2.05, 4.69) is 16.1 Å². The smallest absolute Gasteiger partial charge is 0.245 e. The van der Waals surface area contributed by atoms with Gasteiger partial charge in [0, 0.05) is 22.7 Å². The maximum absolute atomic E-state index is 12.4. The number of nitrogens with zero attached hydrogens (tertiary/aromatic N) is 2. The van der Waals surface area contributed by atoms with Crippen LogP contribution in [0, 0.1) is 0 Å². The molecule has 0 unspecified atom stereocenters. The number of aliphatic hydroxyl groups excluding tert-OH is 1. The van der Waals surface area contributed by atoms with Crippen molar-refractivity contribution in [2.24, 2.45) is 0 Å². The van der Waals surface area contributed by atoms with Crippen LogP contribution in [0.5, 0.6) is 0 Å². The van der Waals surface area contributed by atoms with Crippen LogP contribution in [0.3, 0.4) is 0 Å². The second-order valence-electron chi connectivity index (χ2n) is 5.74. The lowest BCUT2D eigenvalue weighted by Crippen LogP contribution is -2.47. The monoisotopic (exact) mass is 352 g/mol. The van der Waals surface area contributed by atoms with Gasteiger partial charge in [-0.1, -0.05) is 0 Å². The van der Waals surface area contributed by atoms with Gasteiger partial charge in [0.05, 0.1) is 33.0 Å². The van der Waals surface area contributed by atoms with Crippen LogP contribution in [0.1, 0.15) is 27.7 Å². The summed E-state index contributed by atoms with van der Waals surface area (Å²) >= 11 is 3.50. The zero-order valence-corrected chi connectivity index (χ0v) is 14.3. The van der Waals surface area contributed by atoms with Crippen molar-refractivity contribution in [1.29, 1.82) is 0 Å². The molecule has 0 aromatic carbocycles. The van der Waals surface area contributed by atoms with Gasteiger partial charge >= 0.3 is 0 Å². The predicted molar refractivity (Wildman–Crippen MR) is 79.4 cm³/mol. The molecule has 0 radical (unpaired) electrons. The van der Waals surface area contributed by atoms with E-state index in [9.17, 15) is 4.79 Å². The molecule has 6 nitrogen and oxygen atoms in total. The molecule has 1 aliphatic rings. The fraction of sp³-hybridized carbons (Fsp3) is 0.923. The Hall–Kier alpha value is -0.210. The van der Waals surface area contributed by atoms with Crippen molar-refractivity contribution in [1.82, 2.24) is 8.83 Å². The summed E-state index contributed by atoms with van der Waals surface area (Å²) in [5, 5.41) is 8.55. The number of aliphatic hydroxyl groups is 1. The van der Waals surface area contributed by atoms with Crippen molar-refractivity contribution in [2.75, 3.05) is 39.6 Å². The lowest BCUT2D eigenvalue weighted by atomic mass is 10.1. The summed E-state index contributed by atoms with van der Waals surface area (Å²) in [4.78, 5) is 14.2. The molecule has 0 aliphatic carbocycles. The molecule has 20 heavy (non-hydrogen) atoms. The highest BCUT2D eigenvalue weighted by Gasteiger charge is 2.55. The summed E-state index contributed by atoms with van der Waals surface area (Å²) in [5.74, 6) is 0.0829. The molecule has 0 saturated carbocycles. The number of amides is 1. The van der Waals surface area contributed by atoms with Crippen LogP contribution in [0.4, 0.5) is 0 Å². The average Bonchev–Trinajstić information content (AvgIpc) is 2.49. The molecule has 0 spiro atoms. The number of hydrogen-bond acceptors (Lipinski definition) is 5. The number of ether oxygens (including phenoxy) is 2. The van der Waals surface area contributed by atoms with Gasteiger partial charge in [-0.3, -0.25) is 4.79 Å². The zero-order chi connectivity index (χ0) is 15.4. The third kappa shape index (κ3) is 3.71. The Morgan fingerprint density at radius 1 is 1.10 bits per heavy atom. The fourth-order valence-corrected chi connectivity index (χ4v) is 2.71. The fourth-order valence-electron chi connectivity index (χ4n) is 2.37. The SMILES string of the molecule is CC1(C)C(=O)N(CCOCCOCCO)C(C)(C)N1Br. The first-order valence-corrected chi connectivity index (χ1v) is 7.51. The molecule has 0 bridgehead atoms. The van der Waals surface area contributed by atoms with Crippen molar-refractivity contribution >= 4 is 22.1 Å². The van der Waals surface area contributed by atoms with Gasteiger partial charge in [0.15, 0.2) is 0 Å². The molecule has 1 rings (SSSR count). The topological polar surface area (TPSA) is 62.2 Å². The van der Waals surface area contributed by atoms with Crippen LogP contribution in [0.25, 0.3) is 0 Å². The molecular weight excluding hydrogens is 328 g/mol. The highest BCUT2D eigenvalue weighted by Crippen LogP contribution is 2.40. The van der Waals surface area contributed by atoms with Gasteiger partial charge in [0.1, 0.15) is 11.2 Å². The molecule has 0 atom stereocenters. The van der Waals surface area contributed by atoms with Crippen molar-refractivity contribution in [3.8, 4) is 0 Å². The Morgan fingerprint density at radius 2 is 1.65 bits per heavy atom. The van der Waals surface area contributed by atoms with Gasteiger partial charge in [-0.2, -0.15) is 0 Å². The summed E-state index contributed by atoms with van der Waals surface area (Å²) in [6.45, 7) is 10.1. The summed E-state index contributed by atoms with van der Waals surface area (Å²) in [6, 6.07) is 0. The van der Waals surface area contributed by atoms with Crippen LogP contribution in [0.2, 0.25) is 0 Å². The molecule has 7 heteroatoms. The Balaban J connectivity index is 2.38. The van der Waals surface area contributed by atoms with Crippen molar-refractivity contribution in [3.63, 3.8) is 0 Å². The Labute approximate surface area is 129 Å². The molecule has 1 saturated heterocycles. The highest BCUT2D eigenvalue weighted by molar-refractivity contribution is 9.07. The van der Waals surface area contributed by atoms with Gasteiger partial charge in [-0.15, -0.1) is 0 Å². The molecular formula is C13H25BrN2O4. The summed E-state index contributed by atoms with van der Waals surface area (Å²) < 4.78 is 12.5. The number of carbonyl (C=O) groups excluding carboxylic acids is 1. The third-order valence-corrected chi connectivity index (χ3v) is 5.22. The maximum Gasteiger partial charge on any atom is 0.245 e. The van der Waals surface area contributed by atoms with Crippen LogP contribution >= 0.6 is 16.1 Å². The number of rotatable bonds is 8. The van der Waals surface area contributed by atoms with Crippen LogP contribution in [-0.4, -0.2) is 70.6 Å². The van der Waals surface area contributed by atoms with Gasteiger partial charge < -0.3 is 19.5 Å². The molecule has 1 heterocycles. The van der Waals surface area contributed by atoms with Crippen molar-refractivity contribution < 1.29 is 19.4 Å². The molecule has 118 valence electrons. The second kappa shape index (κ2) is 7.17. The highest BCUT2D eigenvalue weighted by atomic mass is 79.9. The first-order chi connectivity index (χ1) is 9.26. The first kappa shape index (κ1) is 17.8. The summed E-state index contributed by atoms with van der Waals surface area (Å²) in [7, 11) is 0.